The summed E-state index contributed by atoms with van der Waals surface area (Å²) in [5.41, 5.74) is -0.591. The van der Waals surface area contributed by atoms with Gasteiger partial charge in [-0.25, -0.2) is 13.2 Å². The number of benzene rings is 1. The predicted octanol–water partition coefficient (Wildman–Crippen LogP) is 3.23. The maximum atomic E-state index is 12.6. The molecule has 0 unspecified atom stereocenters. The molecule has 1 aromatic heterocycles. The van der Waals surface area contributed by atoms with Crippen molar-refractivity contribution in [3.8, 4) is 30.0 Å². The normalized spacial score (nSPS) is 17.5. The number of allylic oxidation sites excluding steroid dienone is 2. The second-order valence-corrected chi connectivity index (χ2v) is 10.0. The molecular formula is C25H16N4O5S. The SMILES string of the molecule is CC1(C)OC(=C(C#N)C#N)C(C#N)=C1C=Cc1cc2cc3c(cc2oc1=O)C#CCCS(=O)(=O)N3. The van der Waals surface area contributed by atoms with Crippen LogP contribution < -0.4 is 10.3 Å². The molecule has 2 aromatic rings. The zero-order valence-corrected chi connectivity index (χ0v) is 19.4. The van der Waals surface area contributed by atoms with Crippen LogP contribution in [-0.2, 0) is 14.8 Å². The molecule has 0 saturated carbocycles. The van der Waals surface area contributed by atoms with Crippen LogP contribution in [0.25, 0.3) is 17.0 Å². The quantitative estimate of drug-likeness (QED) is 0.387. The van der Waals surface area contributed by atoms with Crippen LogP contribution in [0.5, 0.6) is 0 Å². The molecular weight excluding hydrogens is 468 g/mol. The summed E-state index contributed by atoms with van der Waals surface area (Å²) in [4.78, 5) is 12.6. The van der Waals surface area contributed by atoms with Crippen LogP contribution in [0.15, 0.2) is 56.0 Å². The summed E-state index contributed by atoms with van der Waals surface area (Å²) in [5.74, 6) is 5.43. The Morgan fingerprint density at radius 2 is 1.91 bits per heavy atom. The fourth-order valence-corrected chi connectivity index (χ4v) is 4.68. The van der Waals surface area contributed by atoms with Crippen LogP contribution >= 0.6 is 0 Å². The van der Waals surface area contributed by atoms with Gasteiger partial charge in [-0.15, -0.1) is 0 Å². The molecule has 0 aliphatic carbocycles. The third-order valence-corrected chi connectivity index (χ3v) is 6.65. The zero-order chi connectivity index (χ0) is 25.4. The highest BCUT2D eigenvalue weighted by Crippen LogP contribution is 2.40. The fraction of sp³-hybridized carbons (Fsp3) is 0.200. The molecule has 0 spiro atoms. The minimum Gasteiger partial charge on any atom is -0.480 e. The van der Waals surface area contributed by atoms with E-state index in [0.29, 0.717) is 16.5 Å². The van der Waals surface area contributed by atoms with Crippen LogP contribution in [0.1, 0.15) is 31.4 Å². The van der Waals surface area contributed by atoms with E-state index in [1.165, 1.54) is 30.4 Å². The van der Waals surface area contributed by atoms with E-state index in [1.807, 2.05) is 6.07 Å². The average molecular weight is 484 g/mol. The van der Waals surface area contributed by atoms with Crippen molar-refractivity contribution in [2.45, 2.75) is 25.9 Å². The Morgan fingerprint density at radius 3 is 2.60 bits per heavy atom. The van der Waals surface area contributed by atoms with Gasteiger partial charge in [0.1, 0.15) is 35.0 Å². The largest absolute Gasteiger partial charge is 0.480 e. The van der Waals surface area contributed by atoms with Gasteiger partial charge in [0.25, 0.3) is 0 Å². The Kier molecular flexibility index (Phi) is 5.71. The van der Waals surface area contributed by atoms with Crippen LogP contribution in [0.4, 0.5) is 5.69 Å². The first-order chi connectivity index (χ1) is 16.6. The van der Waals surface area contributed by atoms with Crippen LogP contribution in [0.2, 0.25) is 0 Å². The number of nitrogens with one attached hydrogen (secondary N) is 1. The number of rotatable bonds is 2. The molecule has 4 rings (SSSR count). The predicted molar refractivity (Wildman–Crippen MR) is 126 cm³/mol. The van der Waals surface area contributed by atoms with E-state index < -0.39 is 21.2 Å². The van der Waals surface area contributed by atoms with Gasteiger partial charge in [0, 0.05) is 17.4 Å². The van der Waals surface area contributed by atoms with Crippen LogP contribution in [0.3, 0.4) is 0 Å². The summed E-state index contributed by atoms with van der Waals surface area (Å²) >= 11 is 0. The molecule has 1 aromatic carbocycles. The first kappa shape index (κ1) is 23.4. The van der Waals surface area contributed by atoms with Gasteiger partial charge in [-0.3, -0.25) is 4.72 Å². The Balaban J connectivity index is 1.84. The topological polar surface area (TPSA) is 157 Å². The van der Waals surface area contributed by atoms with Crippen molar-refractivity contribution in [3.63, 3.8) is 0 Å². The van der Waals surface area contributed by atoms with E-state index in [0.717, 1.165) is 0 Å². The molecule has 10 heteroatoms. The monoisotopic (exact) mass is 484 g/mol. The number of sulfonamides is 1. The molecule has 0 atom stereocenters. The molecule has 1 N–H and O–H groups in total. The molecule has 172 valence electrons. The average Bonchev–Trinajstić information content (AvgIpc) is 3.04. The second-order valence-electron chi connectivity index (χ2n) is 8.17. The highest BCUT2D eigenvalue weighted by molar-refractivity contribution is 7.92. The second kappa shape index (κ2) is 8.54. The van der Waals surface area contributed by atoms with Crippen molar-refractivity contribution in [2.75, 3.05) is 10.5 Å². The van der Waals surface area contributed by atoms with Gasteiger partial charge in [-0.05, 0) is 38.1 Å². The standard InChI is InChI=1S/C25H16N4O5S/c1-25(2)20(19(14-28)23(34-25)18(12-26)13-27)7-6-16-9-17-10-21-15(11-22(17)33-24(16)30)5-3-4-8-35(31,32)29-21/h6-7,9-11,29H,4,8H2,1-2H3. The lowest BCUT2D eigenvalue weighted by Gasteiger charge is -2.20. The van der Waals surface area contributed by atoms with Crippen molar-refractivity contribution >= 4 is 32.8 Å². The van der Waals surface area contributed by atoms with Gasteiger partial charge < -0.3 is 9.15 Å². The van der Waals surface area contributed by atoms with Crippen LogP contribution in [-0.4, -0.2) is 19.8 Å². The van der Waals surface area contributed by atoms with Gasteiger partial charge in [0.2, 0.25) is 10.0 Å². The van der Waals surface area contributed by atoms with Gasteiger partial charge in [0.15, 0.2) is 11.3 Å². The Labute approximate surface area is 200 Å². The molecule has 0 amide bonds. The number of anilines is 1. The molecule has 3 heterocycles. The summed E-state index contributed by atoms with van der Waals surface area (Å²) in [5, 5.41) is 28.5. The molecule has 0 radical (unpaired) electrons. The van der Waals surface area contributed by atoms with Gasteiger partial charge in [-0.2, -0.15) is 15.8 Å². The van der Waals surface area contributed by atoms with Gasteiger partial charge in [0.05, 0.1) is 22.6 Å². The van der Waals surface area contributed by atoms with Crippen molar-refractivity contribution < 1.29 is 17.6 Å². The summed E-state index contributed by atoms with van der Waals surface area (Å²) in [6.45, 7) is 3.33. The van der Waals surface area contributed by atoms with E-state index in [1.54, 1.807) is 26.0 Å². The molecule has 9 nitrogen and oxygen atoms in total. The van der Waals surface area contributed by atoms with Gasteiger partial charge in [-0.1, -0.05) is 17.9 Å². The van der Waals surface area contributed by atoms with Crippen molar-refractivity contribution in [1.29, 1.82) is 15.8 Å². The molecule has 35 heavy (non-hydrogen) atoms. The lowest BCUT2D eigenvalue weighted by molar-refractivity contribution is 0.0954. The highest BCUT2D eigenvalue weighted by atomic mass is 32.2. The Hall–Kier alpha value is -4.77. The maximum Gasteiger partial charge on any atom is 0.343 e. The third-order valence-electron chi connectivity index (χ3n) is 5.38. The van der Waals surface area contributed by atoms with E-state index in [4.69, 9.17) is 9.15 Å². The fourth-order valence-electron chi connectivity index (χ4n) is 3.70. The first-order valence-electron chi connectivity index (χ1n) is 10.3. The van der Waals surface area contributed by atoms with E-state index in [2.05, 4.69) is 16.6 Å². The Morgan fingerprint density at radius 1 is 1.17 bits per heavy atom. The summed E-state index contributed by atoms with van der Waals surface area (Å²) < 4.78 is 38.0. The number of hydrogen-bond donors (Lipinski definition) is 1. The lowest BCUT2D eigenvalue weighted by Crippen LogP contribution is -2.20. The minimum atomic E-state index is -3.56. The van der Waals surface area contributed by atoms with E-state index >= 15 is 0 Å². The van der Waals surface area contributed by atoms with Crippen molar-refractivity contribution in [1.82, 2.24) is 0 Å². The third kappa shape index (κ3) is 4.39. The first-order valence-corrected chi connectivity index (χ1v) is 11.9. The molecule has 0 bridgehead atoms. The van der Waals surface area contributed by atoms with E-state index in [9.17, 15) is 29.0 Å². The summed E-state index contributed by atoms with van der Waals surface area (Å²) in [6.07, 6.45) is 3.12. The Bertz CT molecular complexity index is 1730. The smallest absolute Gasteiger partial charge is 0.343 e. The maximum absolute atomic E-state index is 12.6. The number of nitrogens with zero attached hydrogens (tertiary/aromatic N) is 3. The molecule has 2 aliphatic rings. The lowest BCUT2D eigenvalue weighted by atomic mass is 9.94. The van der Waals surface area contributed by atoms with Crippen LogP contribution in [0, 0.1) is 45.8 Å². The number of fused-ring (bicyclic) bond motifs is 2. The molecule has 2 aliphatic heterocycles. The number of hydrogen-bond acceptors (Lipinski definition) is 8. The molecule has 0 fully saturated rings. The summed E-state index contributed by atoms with van der Waals surface area (Å²) in [7, 11) is -3.56. The molecule has 0 saturated heterocycles. The van der Waals surface area contributed by atoms with E-state index in [-0.39, 0.29) is 45.9 Å². The number of ether oxygens (including phenoxy) is 1. The summed E-state index contributed by atoms with van der Waals surface area (Å²) in [6, 6.07) is 9.98. The highest BCUT2D eigenvalue weighted by Gasteiger charge is 2.38. The van der Waals surface area contributed by atoms with Gasteiger partial charge >= 0.3 is 5.63 Å². The minimum absolute atomic E-state index is 0.0175. The zero-order valence-electron chi connectivity index (χ0n) is 18.6. The van der Waals surface area contributed by atoms with Crippen molar-refractivity contribution in [3.05, 3.63) is 68.3 Å². The number of nitriles is 3. The van der Waals surface area contributed by atoms with Crippen molar-refractivity contribution in [2.24, 2.45) is 0 Å².